The van der Waals surface area contributed by atoms with Gasteiger partial charge in [-0.2, -0.15) is 5.10 Å². The molecule has 19 heavy (non-hydrogen) atoms. The molecule has 0 bridgehead atoms. The second-order valence-corrected chi connectivity index (χ2v) is 4.50. The molecule has 1 N–H and O–H groups in total. The first-order valence-electron chi connectivity index (χ1n) is 6.07. The van der Waals surface area contributed by atoms with Crippen molar-refractivity contribution in [3.8, 4) is 11.3 Å². The minimum absolute atomic E-state index is 0.846. The molecule has 0 atom stereocenters. The number of hydrogen-bond acceptors (Lipinski definition) is 3. The van der Waals surface area contributed by atoms with Gasteiger partial charge in [0.1, 0.15) is 12.2 Å². The average Bonchev–Trinajstić information content (AvgIpc) is 3.01. The van der Waals surface area contributed by atoms with E-state index in [9.17, 15) is 0 Å². The number of aromatic amines is 1. The van der Waals surface area contributed by atoms with Crippen LogP contribution in [-0.4, -0.2) is 24.6 Å². The van der Waals surface area contributed by atoms with E-state index in [1.807, 2.05) is 35.7 Å². The molecular formula is C14H11N5. The van der Waals surface area contributed by atoms with Crippen molar-refractivity contribution in [1.29, 1.82) is 0 Å². The zero-order chi connectivity index (χ0) is 12.8. The summed E-state index contributed by atoms with van der Waals surface area (Å²) in [5, 5.41) is 4.26. The predicted molar refractivity (Wildman–Crippen MR) is 72.8 cm³/mol. The molecule has 1 aromatic carbocycles. The zero-order valence-electron chi connectivity index (χ0n) is 10.3. The van der Waals surface area contributed by atoms with Crippen LogP contribution in [0.2, 0.25) is 0 Å². The molecule has 0 aliphatic carbocycles. The molecule has 3 heterocycles. The van der Waals surface area contributed by atoms with Gasteiger partial charge in [0.2, 0.25) is 0 Å². The maximum Gasteiger partial charge on any atom is 0.155 e. The number of nitrogens with one attached hydrogen (secondary N) is 1. The van der Waals surface area contributed by atoms with Gasteiger partial charge in [0.15, 0.2) is 5.65 Å². The number of aromatic nitrogens is 5. The van der Waals surface area contributed by atoms with Crippen molar-refractivity contribution in [2.24, 2.45) is 0 Å². The Kier molecular flexibility index (Phi) is 1.97. The highest BCUT2D eigenvalue weighted by atomic mass is 15.3. The van der Waals surface area contributed by atoms with Crippen LogP contribution in [0.4, 0.5) is 0 Å². The first-order valence-corrected chi connectivity index (χ1v) is 6.07. The van der Waals surface area contributed by atoms with E-state index in [2.05, 4.69) is 32.2 Å². The van der Waals surface area contributed by atoms with Crippen molar-refractivity contribution in [2.75, 3.05) is 0 Å². The summed E-state index contributed by atoms with van der Waals surface area (Å²) in [6, 6.07) is 12.1. The summed E-state index contributed by atoms with van der Waals surface area (Å²) in [5.41, 5.74) is 4.97. The number of pyridine rings is 1. The van der Waals surface area contributed by atoms with Gasteiger partial charge >= 0.3 is 0 Å². The quantitative estimate of drug-likeness (QED) is 0.564. The Morgan fingerprint density at radius 3 is 3.05 bits per heavy atom. The molecule has 0 spiro atoms. The normalized spacial score (nSPS) is 11.4. The second kappa shape index (κ2) is 3.65. The third-order valence-electron chi connectivity index (χ3n) is 3.20. The zero-order valence-corrected chi connectivity index (χ0v) is 10.3. The number of benzene rings is 1. The van der Waals surface area contributed by atoms with Gasteiger partial charge < -0.3 is 4.98 Å². The average molecular weight is 249 g/mol. The summed E-state index contributed by atoms with van der Waals surface area (Å²) in [6.45, 7) is 1.96. The van der Waals surface area contributed by atoms with E-state index in [0.29, 0.717) is 0 Å². The minimum Gasteiger partial charge on any atom is -0.342 e. The fraction of sp³-hybridized carbons (Fsp3) is 0.0714. The van der Waals surface area contributed by atoms with Crippen molar-refractivity contribution in [3.63, 3.8) is 0 Å². The van der Waals surface area contributed by atoms with E-state index in [1.54, 1.807) is 6.33 Å². The van der Waals surface area contributed by atoms with E-state index in [1.165, 1.54) is 0 Å². The molecule has 0 fully saturated rings. The van der Waals surface area contributed by atoms with Gasteiger partial charge in [-0.1, -0.05) is 12.1 Å². The van der Waals surface area contributed by atoms with Gasteiger partial charge in [-0.15, -0.1) is 0 Å². The van der Waals surface area contributed by atoms with Crippen LogP contribution < -0.4 is 0 Å². The molecule has 0 unspecified atom stereocenters. The third-order valence-corrected chi connectivity index (χ3v) is 3.20. The summed E-state index contributed by atoms with van der Waals surface area (Å²) in [5.74, 6) is 0.922. The van der Waals surface area contributed by atoms with Crippen LogP contribution >= 0.6 is 0 Å². The highest BCUT2D eigenvalue weighted by Crippen LogP contribution is 2.23. The lowest BCUT2D eigenvalue weighted by Crippen LogP contribution is -1.93. The first kappa shape index (κ1) is 10.3. The van der Waals surface area contributed by atoms with Crippen molar-refractivity contribution in [2.45, 2.75) is 6.92 Å². The van der Waals surface area contributed by atoms with Crippen molar-refractivity contribution < 1.29 is 0 Å². The Bertz CT molecular complexity index is 887. The molecule has 5 nitrogen and oxygen atoms in total. The van der Waals surface area contributed by atoms with Crippen LogP contribution in [0.25, 0.3) is 27.9 Å². The molecule has 0 saturated carbocycles. The van der Waals surface area contributed by atoms with Crippen LogP contribution in [0.5, 0.6) is 0 Å². The summed E-state index contributed by atoms with van der Waals surface area (Å²) < 4.78 is 1.84. The number of rotatable bonds is 1. The van der Waals surface area contributed by atoms with E-state index >= 15 is 0 Å². The summed E-state index contributed by atoms with van der Waals surface area (Å²) in [7, 11) is 0. The Morgan fingerprint density at radius 2 is 2.11 bits per heavy atom. The number of hydrogen-bond donors (Lipinski definition) is 1. The molecule has 5 heteroatoms. The van der Waals surface area contributed by atoms with E-state index in [4.69, 9.17) is 0 Å². The van der Waals surface area contributed by atoms with Crippen molar-refractivity contribution >= 4 is 16.7 Å². The Hall–Kier alpha value is -2.69. The highest BCUT2D eigenvalue weighted by molar-refractivity contribution is 5.81. The van der Waals surface area contributed by atoms with Gasteiger partial charge in [-0.3, -0.25) is 0 Å². The Balaban J connectivity index is 2.00. The standard InChI is InChI=1S/C14H11N5/c1-9-17-11-6-5-10(7-12(11)18-9)13-3-2-4-14-15-8-16-19(13)14/h2-8H,1H3,(H,17,18). The lowest BCUT2D eigenvalue weighted by atomic mass is 10.1. The van der Waals surface area contributed by atoms with Crippen LogP contribution in [-0.2, 0) is 0 Å². The molecule has 3 aromatic heterocycles. The predicted octanol–water partition coefficient (Wildman–Crippen LogP) is 2.58. The largest absolute Gasteiger partial charge is 0.342 e. The van der Waals surface area contributed by atoms with Gasteiger partial charge in [-0.05, 0) is 31.2 Å². The number of imidazole rings is 1. The topological polar surface area (TPSA) is 58.9 Å². The highest BCUT2D eigenvalue weighted by Gasteiger charge is 2.07. The van der Waals surface area contributed by atoms with E-state index in [-0.39, 0.29) is 0 Å². The summed E-state index contributed by atoms with van der Waals surface area (Å²) >= 11 is 0. The lowest BCUT2D eigenvalue weighted by molar-refractivity contribution is 0.970. The number of fused-ring (bicyclic) bond motifs is 2. The number of H-pyrrole nitrogens is 1. The number of aryl methyl sites for hydroxylation is 1. The Labute approximate surface area is 108 Å². The maximum atomic E-state index is 4.41. The van der Waals surface area contributed by atoms with Gasteiger partial charge in [0.25, 0.3) is 0 Å². The van der Waals surface area contributed by atoms with Crippen LogP contribution in [0.3, 0.4) is 0 Å². The van der Waals surface area contributed by atoms with Gasteiger partial charge in [0, 0.05) is 5.56 Å². The fourth-order valence-electron chi connectivity index (χ4n) is 2.36. The Morgan fingerprint density at radius 1 is 1.16 bits per heavy atom. The van der Waals surface area contributed by atoms with Crippen LogP contribution in [0.1, 0.15) is 5.82 Å². The fourth-order valence-corrected chi connectivity index (χ4v) is 2.36. The van der Waals surface area contributed by atoms with Gasteiger partial charge in [-0.25, -0.2) is 14.5 Å². The van der Waals surface area contributed by atoms with Crippen molar-refractivity contribution in [3.05, 3.63) is 48.5 Å². The van der Waals surface area contributed by atoms with Gasteiger partial charge in [0.05, 0.1) is 16.7 Å². The molecule has 0 amide bonds. The molecule has 0 saturated heterocycles. The molecule has 0 radical (unpaired) electrons. The third kappa shape index (κ3) is 1.52. The monoisotopic (exact) mass is 249 g/mol. The van der Waals surface area contributed by atoms with E-state index in [0.717, 1.165) is 33.8 Å². The molecule has 4 aromatic rings. The minimum atomic E-state index is 0.846. The maximum absolute atomic E-state index is 4.41. The SMILES string of the molecule is Cc1nc2ccc(-c3cccc4ncnn34)cc2[nH]1. The van der Waals surface area contributed by atoms with E-state index < -0.39 is 0 Å². The van der Waals surface area contributed by atoms with Crippen molar-refractivity contribution in [1.82, 2.24) is 24.6 Å². The molecule has 0 aliphatic heterocycles. The molecular weight excluding hydrogens is 238 g/mol. The second-order valence-electron chi connectivity index (χ2n) is 4.50. The molecule has 0 aliphatic rings. The van der Waals surface area contributed by atoms with Crippen LogP contribution in [0, 0.1) is 6.92 Å². The molecule has 4 rings (SSSR count). The summed E-state index contributed by atoms with van der Waals surface area (Å²) in [6.07, 6.45) is 1.57. The smallest absolute Gasteiger partial charge is 0.155 e. The first-order chi connectivity index (χ1) is 9.31. The number of nitrogens with zero attached hydrogens (tertiary/aromatic N) is 4. The summed E-state index contributed by atoms with van der Waals surface area (Å²) in [4.78, 5) is 11.9. The lowest BCUT2D eigenvalue weighted by Gasteiger charge is -2.04. The van der Waals surface area contributed by atoms with Crippen LogP contribution in [0.15, 0.2) is 42.7 Å². The molecule has 92 valence electrons.